The monoisotopic (exact) mass is 192 g/mol. The van der Waals surface area contributed by atoms with Gasteiger partial charge >= 0.3 is 0 Å². The molecule has 1 heterocycles. The zero-order valence-electron chi connectivity index (χ0n) is 7.79. The number of phenolic OH excluding ortho intramolecular Hbond substituents is 1. The summed E-state index contributed by atoms with van der Waals surface area (Å²) in [5.41, 5.74) is 2.06. The van der Waals surface area contributed by atoms with Crippen LogP contribution in [0.4, 0.5) is 0 Å². The highest BCUT2D eigenvalue weighted by Gasteiger charge is 2.08. The minimum Gasteiger partial charge on any atom is -0.507 e. The van der Waals surface area contributed by atoms with Crippen LogP contribution in [0.15, 0.2) is 17.5 Å². The van der Waals surface area contributed by atoms with E-state index in [9.17, 15) is 5.11 Å². The van der Waals surface area contributed by atoms with Gasteiger partial charge in [-0.15, -0.1) is 11.3 Å². The highest BCUT2D eigenvalue weighted by Crippen LogP contribution is 2.33. The summed E-state index contributed by atoms with van der Waals surface area (Å²) in [6, 6.07) is 4.18. The molecule has 1 aromatic heterocycles. The second-order valence-corrected chi connectivity index (χ2v) is 4.12. The number of aromatic hydroxyl groups is 1. The summed E-state index contributed by atoms with van der Waals surface area (Å²) in [6.45, 7) is 4.04. The lowest BCUT2D eigenvalue weighted by atomic mass is 10.1. The number of hydrogen-bond acceptors (Lipinski definition) is 2. The first-order chi connectivity index (χ1) is 6.24. The molecule has 0 saturated carbocycles. The average molecular weight is 192 g/mol. The Morgan fingerprint density at radius 1 is 1.46 bits per heavy atom. The fraction of sp³-hybridized carbons (Fsp3) is 0.273. The van der Waals surface area contributed by atoms with E-state index in [4.69, 9.17) is 0 Å². The van der Waals surface area contributed by atoms with E-state index in [-0.39, 0.29) is 0 Å². The van der Waals surface area contributed by atoms with Gasteiger partial charge in [-0.3, -0.25) is 0 Å². The Morgan fingerprint density at radius 3 is 2.92 bits per heavy atom. The fourth-order valence-electron chi connectivity index (χ4n) is 1.61. The largest absolute Gasteiger partial charge is 0.507 e. The lowest BCUT2D eigenvalue weighted by Gasteiger charge is -2.05. The highest BCUT2D eigenvalue weighted by atomic mass is 32.1. The van der Waals surface area contributed by atoms with Crippen LogP contribution in [0.2, 0.25) is 0 Å². The van der Waals surface area contributed by atoms with Crippen LogP contribution in [0, 0.1) is 6.92 Å². The molecule has 0 unspecified atom stereocenters. The molecule has 0 radical (unpaired) electrons. The molecule has 0 spiro atoms. The summed E-state index contributed by atoms with van der Waals surface area (Å²) >= 11 is 1.69. The summed E-state index contributed by atoms with van der Waals surface area (Å²) < 4.78 is 1.20. The molecule has 0 bridgehead atoms. The molecule has 2 aromatic rings. The Hall–Kier alpha value is -1.02. The van der Waals surface area contributed by atoms with Gasteiger partial charge in [-0.1, -0.05) is 6.92 Å². The Kier molecular flexibility index (Phi) is 2.00. The number of benzene rings is 1. The maximum atomic E-state index is 9.82. The Morgan fingerprint density at radius 2 is 2.23 bits per heavy atom. The molecule has 0 aliphatic carbocycles. The molecule has 1 aromatic carbocycles. The minimum absolute atomic E-state index is 0.470. The van der Waals surface area contributed by atoms with Crippen molar-refractivity contribution in [3.63, 3.8) is 0 Å². The molecule has 0 fully saturated rings. The van der Waals surface area contributed by atoms with Gasteiger partial charge in [0.05, 0.1) is 0 Å². The number of rotatable bonds is 1. The standard InChI is InChI=1S/C11H12OS/c1-3-8-6-9-4-5-13-11(9)7(2)10(8)12/h4-6,12H,3H2,1-2H3. The van der Waals surface area contributed by atoms with Gasteiger partial charge in [-0.2, -0.15) is 0 Å². The topological polar surface area (TPSA) is 20.2 Å². The Bertz CT molecular complexity index is 443. The zero-order valence-corrected chi connectivity index (χ0v) is 8.61. The van der Waals surface area contributed by atoms with Crippen molar-refractivity contribution in [3.05, 3.63) is 28.6 Å². The number of hydrogen-bond donors (Lipinski definition) is 1. The first-order valence-electron chi connectivity index (χ1n) is 4.42. The van der Waals surface area contributed by atoms with Crippen LogP contribution in [0.25, 0.3) is 10.1 Å². The van der Waals surface area contributed by atoms with E-state index in [2.05, 4.69) is 24.4 Å². The van der Waals surface area contributed by atoms with Gasteiger partial charge < -0.3 is 5.11 Å². The van der Waals surface area contributed by atoms with Crippen molar-refractivity contribution in [2.45, 2.75) is 20.3 Å². The van der Waals surface area contributed by atoms with Crippen molar-refractivity contribution in [3.8, 4) is 5.75 Å². The lowest BCUT2D eigenvalue weighted by Crippen LogP contribution is -1.84. The average Bonchev–Trinajstić information content (AvgIpc) is 2.59. The molecule has 0 saturated heterocycles. The molecule has 0 aliphatic heterocycles. The fourth-order valence-corrected chi connectivity index (χ4v) is 2.50. The molecule has 13 heavy (non-hydrogen) atoms. The molecule has 0 atom stereocenters. The van der Waals surface area contributed by atoms with Gasteiger partial charge in [0.25, 0.3) is 0 Å². The minimum atomic E-state index is 0.470. The lowest BCUT2D eigenvalue weighted by molar-refractivity contribution is 0.466. The van der Waals surface area contributed by atoms with Crippen LogP contribution in [-0.2, 0) is 6.42 Å². The summed E-state index contributed by atoms with van der Waals surface area (Å²) in [5, 5.41) is 13.1. The van der Waals surface area contributed by atoms with Crippen molar-refractivity contribution < 1.29 is 5.11 Å². The first-order valence-corrected chi connectivity index (χ1v) is 5.30. The highest BCUT2D eigenvalue weighted by molar-refractivity contribution is 7.17. The first kappa shape index (κ1) is 8.57. The summed E-state index contributed by atoms with van der Waals surface area (Å²) in [7, 11) is 0. The van der Waals surface area contributed by atoms with Gasteiger partial charge in [-0.05, 0) is 41.8 Å². The molecule has 2 heteroatoms. The van der Waals surface area contributed by atoms with Crippen molar-refractivity contribution >= 4 is 21.4 Å². The molecule has 0 amide bonds. The summed E-state index contributed by atoms with van der Waals surface area (Å²) in [5.74, 6) is 0.470. The molecule has 68 valence electrons. The quantitative estimate of drug-likeness (QED) is 0.733. The maximum Gasteiger partial charge on any atom is 0.123 e. The van der Waals surface area contributed by atoms with E-state index in [1.807, 2.05) is 6.92 Å². The van der Waals surface area contributed by atoms with Gasteiger partial charge in [0.2, 0.25) is 0 Å². The molecular weight excluding hydrogens is 180 g/mol. The number of thiophene rings is 1. The second kappa shape index (κ2) is 3.04. The third-order valence-corrected chi connectivity index (χ3v) is 3.46. The smallest absolute Gasteiger partial charge is 0.123 e. The number of phenols is 1. The van der Waals surface area contributed by atoms with Gasteiger partial charge in [-0.25, -0.2) is 0 Å². The van der Waals surface area contributed by atoms with Crippen LogP contribution in [0.5, 0.6) is 5.75 Å². The third kappa shape index (κ3) is 1.22. The maximum absolute atomic E-state index is 9.82. The van der Waals surface area contributed by atoms with Crippen LogP contribution in [-0.4, -0.2) is 5.11 Å². The van der Waals surface area contributed by atoms with Gasteiger partial charge in [0.1, 0.15) is 5.75 Å². The number of aryl methyl sites for hydroxylation is 2. The Labute approximate surface area is 81.6 Å². The predicted molar refractivity (Wildman–Crippen MR) is 57.6 cm³/mol. The van der Waals surface area contributed by atoms with Crippen molar-refractivity contribution in [1.29, 1.82) is 0 Å². The second-order valence-electron chi connectivity index (χ2n) is 3.20. The van der Waals surface area contributed by atoms with E-state index in [0.29, 0.717) is 5.75 Å². The van der Waals surface area contributed by atoms with Crippen LogP contribution < -0.4 is 0 Å². The van der Waals surface area contributed by atoms with Crippen molar-refractivity contribution in [1.82, 2.24) is 0 Å². The third-order valence-electron chi connectivity index (χ3n) is 2.41. The normalized spacial score (nSPS) is 10.9. The predicted octanol–water partition coefficient (Wildman–Crippen LogP) is 3.48. The van der Waals surface area contributed by atoms with E-state index in [1.165, 1.54) is 10.1 Å². The van der Waals surface area contributed by atoms with Crippen LogP contribution in [0.1, 0.15) is 18.1 Å². The SMILES string of the molecule is CCc1cc2ccsc2c(C)c1O. The molecule has 0 aliphatic rings. The van der Waals surface area contributed by atoms with Gasteiger partial charge in [0.15, 0.2) is 0 Å². The van der Waals surface area contributed by atoms with Gasteiger partial charge in [0, 0.05) is 10.3 Å². The molecular formula is C11H12OS. The van der Waals surface area contributed by atoms with Crippen molar-refractivity contribution in [2.75, 3.05) is 0 Å². The molecule has 2 rings (SSSR count). The van der Waals surface area contributed by atoms with E-state index >= 15 is 0 Å². The van der Waals surface area contributed by atoms with E-state index < -0.39 is 0 Å². The number of fused-ring (bicyclic) bond motifs is 1. The van der Waals surface area contributed by atoms with Crippen LogP contribution >= 0.6 is 11.3 Å². The van der Waals surface area contributed by atoms with Crippen LogP contribution in [0.3, 0.4) is 0 Å². The molecule has 1 nitrogen and oxygen atoms in total. The Balaban J connectivity index is 2.83. The van der Waals surface area contributed by atoms with Crippen molar-refractivity contribution in [2.24, 2.45) is 0 Å². The molecule has 1 N–H and O–H groups in total. The summed E-state index contributed by atoms with van der Waals surface area (Å²) in [4.78, 5) is 0. The van der Waals surface area contributed by atoms with E-state index in [0.717, 1.165) is 17.5 Å². The zero-order chi connectivity index (χ0) is 9.42. The van der Waals surface area contributed by atoms with E-state index in [1.54, 1.807) is 11.3 Å². The summed E-state index contributed by atoms with van der Waals surface area (Å²) in [6.07, 6.45) is 0.887.